The van der Waals surface area contributed by atoms with Gasteiger partial charge in [-0.3, -0.25) is 13.9 Å². The van der Waals surface area contributed by atoms with Gasteiger partial charge in [-0.25, -0.2) is 9.13 Å². The molecule has 0 aliphatic heterocycles. The van der Waals surface area contributed by atoms with Crippen molar-refractivity contribution in [3.8, 4) is 11.5 Å². The molecule has 2 N–H and O–H groups in total. The van der Waals surface area contributed by atoms with Gasteiger partial charge in [-0.1, -0.05) is 139 Å². The van der Waals surface area contributed by atoms with Crippen LogP contribution in [0.15, 0.2) is 91.0 Å². The maximum Gasteiger partial charge on any atom is 0.584 e. The first-order chi connectivity index (χ1) is 21.5. The molecule has 0 saturated heterocycles. The Hall–Kier alpha value is -2.44. The van der Waals surface area contributed by atoms with Crippen molar-refractivity contribution < 1.29 is 37.0 Å². The molecule has 8 nitrogen and oxygen atoms in total. The molecule has 3 rings (SSSR count). The fraction of sp³-hybridized carbons (Fsp3) is 0.486. The van der Waals surface area contributed by atoms with Crippen LogP contribution in [0.3, 0.4) is 0 Å². The number of benzene rings is 3. The van der Waals surface area contributed by atoms with Gasteiger partial charge in [0.25, 0.3) is 0 Å². The SMILES string of the molecule is CCCCC(CC)COP(=O)(O)OCC(CC)CCCC.Cc1ccccc1.O=P(O)(Oc1ccccc1)Oc1ccccc1. The molecule has 2 unspecified atom stereocenters. The van der Waals surface area contributed by atoms with E-state index in [4.69, 9.17) is 18.1 Å². The summed E-state index contributed by atoms with van der Waals surface area (Å²) in [5, 5.41) is 0. The smallest absolute Gasteiger partial charge is 0.395 e. The molecule has 0 aromatic heterocycles. The minimum Gasteiger partial charge on any atom is -0.395 e. The van der Waals surface area contributed by atoms with Gasteiger partial charge in [-0.05, 0) is 55.9 Å². The fourth-order valence-electron chi connectivity index (χ4n) is 4.01. The van der Waals surface area contributed by atoms with Gasteiger partial charge >= 0.3 is 15.6 Å². The summed E-state index contributed by atoms with van der Waals surface area (Å²) < 4.78 is 43.7. The molecular weight excluding hydrogens is 610 g/mol. The molecule has 45 heavy (non-hydrogen) atoms. The first-order valence-corrected chi connectivity index (χ1v) is 19.0. The van der Waals surface area contributed by atoms with Crippen LogP contribution in [-0.2, 0) is 18.2 Å². The average molecular weight is 665 g/mol. The highest BCUT2D eigenvalue weighted by atomic mass is 31.2. The Balaban J connectivity index is 0.000000374. The van der Waals surface area contributed by atoms with Crippen LogP contribution in [0.5, 0.6) is 11.5 Å². The van der Waals surface area contributed by atoms with E-state index in [2.05, 4.69) is 46.8 Å². The zero-order valence-electron chi connectivity index (χ0n) is 27.6. The molecule has 0 amide bonds. The molecule has 3 aromatic rings. The monoisotopic (exact) mass is 664 g/mol. The van der Waals surface area contributed by atoms with Gasteiger partial charge < -0.3 is 13.9 Å². The summed E-state index contributed by atoms with van der Waals surface area (Å²) in [5.74, 6) is 1.26. The third kappa shape index (κ3) is 21.1. The van der Waals surface area contributed by atoms with Crippen LogP contribution < -0.4 is 9.05 Å². The van der Waals surface area contributed by atoms with Crippen LogP contribution in [0.4, 0.5) is 0 Å². The number of hydrogen-bond acceptors (Lipinski definition) is 6. The molecule has 0 bridgehead atoms. The average Bonchev–Trinajstić information content (AvgIpc) is 3.03. The van der Waals surface area contributed by atoms with Crippen LogP contribution >= 0.6 is 15.6 Å². The molecule has 10 heteroatoms. The van der Waals surface area contributed by atoms with E-state index in [1.54, 1.807) is 60.7 Å². The van der Waals surface area contributed by atoms with Crippen molar-refractivity contribution in [2.45, 2.75) is 86.0 Å². The lowest BCUT2D eigenvalue weighted by Gasteiger charge is -2.20. The van der Waals surface area contributed by atoms with Crippen molar-refractivity contribution in [2.24, 2.45) is 11.8 Å². The van der Waals surface area contributed by atoms with E-state index >= 15 is 0 Å². The van der Waals surface area contributed by atoms with Gasteiger partial charge in [0.1, 0.15) is 11.5 Å². The number of para-hydroxylation sites is 2. The van der Waals surface area contributed by atoms with Gasteiger partial charge in [-0.15, -0.1) is 0 Å². The first-order valence-electron chi connectivity index (χ1n) is 16.0. The molecule has 2 atom stereocenters. The molecule has 3 aromatic carbocycles. The van der Waals surface area contributed by atoms with E-state index in [0.717, 1.165) is 51.4 Å². The second kappa shape index (κ2) is 23.8. The number of aryl methyl sites for hydroxylation is 1. The number of hydrogen-bond donors (Lipinski definition) is 2. The molecule has 0 saturated carbocycles. The summed E-state index contributed by atoms with van der Waals surface area (Å²) in [5.41, 5.74) is 1.32. The maximum absolute atomic E-state index is 11.9. The van der Waals surface area contributed by atoms with Crippen LogP contribution in [0.25, 0.3) is 0 Å². The van der Waals surface area contributed by atoms with Crippen LogP contribution in [0, 0.1) is 18.8 Å². The predicted octanol–water partition coefficient (Wildman–Crippen LogP) is 10.8. The molecule has 0 fully saturated rings. The van der Waals surface area contributed by atoms with E-state index in [0.29, 0.717) is 25.0 Å². The van der Waals surface area contributed by atoms with Crippen LogP contribution in [0.1, 0.15) is 84.6 Å². The summed E-state index contributed by atoms with van der Waals surface area (Å²) in [7, 11) is -8.03. The highest BCUT2D eigenvalue weighted by Gasteiger charge is 2.25. The molecule has 0 spiro atoms. The van der Waals surface area contributed by atoms with E-state index in [-0.39, 0.29) is 11.5 Å². The minimum absolute atomic E-state index is 0.286. The summed E-state index contributed by atoms with van der Waals surface area (Å²) in [4.78, 5) is 19.3. The lowest BCUT2D eigenvalue weighted by atomic mass is 10.0. The number of phosphoric ester groups is 2. The van der Waals surface area contributed by atoms with Gasteiger partial charge in [0, 0.05) is 0 Å². The highest BCUT2D eigenvalue weighted by Crippen LogP contribution is 2.45. The molecule has 0 radical (unpaired) electrons. The summed E-state index contributed by atoms with van der Waals surface area (Å²) >= 11 is 0. The molecule has 0 aliphatic carbocycles. The van der Waals surface area contributed by atoms with Crippen LogP contribution in [0.2, 0.25) is 0 Å². The lowest BCUT2D eigenvalue weighted by Crippen LogP contribution is -2.12. The zero-order valence-corrected chi connectivity index (χ0v) is 29.4. The third-order valence-corrected chi connectivity index (χ3v) is 8.74. The Morgan fingerprint density at radius 3 is 1.22 bits per heavy atom. The Bertz CT molecular complexity index is 1140. The van der Waals surface area contributed by atoms with Crippen molar-refractivity contribution >= 4 is 15.6 Å². The number of rotatable bonds is 18. The topological polar surface area (TPSA) is 112 Å². The van der Waals surface area contributed by atoms with Crippen LogP contribution in [-0.4, -0.2) is 23.0 Å². The third-order valence-electron chi connectivity index (χ3n) is 6.90. The minimum atomic E-state index is -4.14. The number of unbranched alkanes of at least 4 members (excludes halogenated alkanes) is 2. The first kappa shape index (κ1) is 40.6. The van der Waals surface area contributed by atoms with Crippen molar-refractivity contribution in [1.29, 1.82) is 0 Å². The highest BCUT2D eigenvalue weighted by molar-refractivity contribution is 7.48. The largest absolute Gasteiger partial charge is 0.584 e. The second-order valence-corrected chi connectivity index (χ2v) is 13.6. The Morgan fingerprint density at radius 1 is 0.578 bits per heavy atom. The van der Waals surface area contributed by atoms with Crippen molar-refractivity contribution in [3.05, 3.63) is 96.6 Å². The lowest BCUT2D eigenvalue weighted by molar-refractivity contribution is 0.110. The van der Waals surface area contributed by atoms with Gasteiger partial charge in [0.05, 0.1) is 13.2 Å². The normalized spacial score (nSPS) is 13.6. The summed E-state index contributed by atoms with van der Waals surface area (Å²) in [6.07, 6.45) is 8.56. The van der Waals surface area contributed by atoms with Crippen molar-refractivity contribution in [1.82, 2.24) is 0 Å². The predicted molar refractivity (Wildman–Crippen MR) is 183 cm³/mol. The molecular formula is C35H54O8P2. The fourth-order valence-corrected chi connectivity index (χ4v) is 5.70. The zero-order chi connectivity index (χ0) is 33.4. The summed E-state index contributed by atoms with van der Waals surface area (Å²) in [6, 6.07) is 27.0. The Morgan fingerprint density at radius 2 is 0.933 bits per heavy atom. The second-order valence-electron chi connectivity index (χ2n) is 10.8. The maximum atomic E-state index is 11.9. The van der Waals surface area contributed by atoms with Gasteiger partial charge in [-0.2, -0.15) is 0 Å². The van der Waals surface area contributed by atoms with Gasteiger partial charge in [0.15, 0.2) is 0 Å². The Kier molecular flexibility index (Phi) is 21.5. The van der Waals surface area contributed by atoms with E-state index in [9.17, 15) is 18.9 Å². The van der Waals surface area contributed by atoms with Crippen molar-refractivity contribution in [3.63, 3.8) is 0 Å². The van der Waals surface area contributed by atoms with Crippen molar-refractivity contribution in [2.75, 3.05) is 13.2 Å². The summed E-state index contributed by atoms with van der Waals surface area (Å²) in [6.45, 7) is 11.2. The quantitative estimate of drug-likeness (QED) is 0.129. The van der Waals surface area contributed by atoms with E-state index < -0.39 is 15.6 Å². The molecule has 0 aliphatic rings. The van der Waals surface area contributed by atoms with E-state index in [1.807, 2.05) is 18.2 Å². The standard InChI is InChI=1S/C16H35O4P.C12H11O4P.C7H8/c1-5-9-11-15(7-3)13-19-21(17,18)20-14-16(8-4)12-10-6-2;13-17(14,15-11-7-3-1-4-8-11)16-12-9-5-2-6-10-12;1-7-5-3-2-4-6-7/h15-16H,5-14H2,1-4H3,(H,17,18);1-10H,(H,13,14);2-6H,1H3. The number of phosphoric acid groups is 2. The molecule has 252 valence electrons. The van der Waals surface area contributed by atoms with E-state index in [1.165, 1.54) is 5.56 Å². The molecule has 0 heterocycles. The Labute approximate surface area is 271 Å². The van der Waals surface area contributed by atoms with Gasteiger partial charge in [0.2, 0.25) is 0 Å².